The maximum atomic E-state index is 13.2. The van der Waals surface area contributed by atoms with Gasteiger partial charge in [0.2, 0.25) is 11.8 Å². The molecule has 1 aliphatic heterocycles. The molecule has 0 unspecified atom stereocenters. The Labute approximate surface area is 197 Å². The van der Waals surface area contributed by atoms with E-state index in [0.717, 1.165) is 17.5 Å². The van der Waals surface area contributed by atoms with Gasteiger partial charge in [-0.05, 0) is 85.4 Å². The highest BCUT2D eigenvalue weighted by molar-refractivity contribution is 6.22. The lowest BCUT2D eigenvalue weighted by molar-refractivity contribution is -0.124. The number of benzene rings is 2. The molecule has 34 heavy (non-hydrogen) atoms. The van der Waals surface area contributed by atoms with Gasteiger partial charge in [0.05, 0.1) is 23.1 Å². The number of hydrogen-bond acceptors (Lipinski definition) is 5. The summed E-state index contributed by atoms with van der Waals surface area (Å²) in [4.78, 5) is 52.6. The second-order valence-corrected chi connectivity index (χ2v) is 10.0. The SMILES string of the molecule is Cc1ccc(C(=O)COC(=O)c2ccc(N3C(=O)[C@H]4[C@@H]5C=C[C@@H]([C@H]6C[C@H]56)[C@@H]4C3=O)cc2)cc1C. The van der Waals surface area contributed by atoms with Crippen molar-refractivity contribution in [1.29, 1.82) is 0 Å². The van der Waals surface area contributed by atoms with Crippen molar-refractivity contribution in [3.63, 3.8) is 0 Å². The molecule has 2 bridgehead atoms. The van der Waals surface area contributed by atoms with Crippen LogP contribution in [0, 0.1) is 49.4 Å². The van der Waals surface area contributed by atoms with Gasteiger partial charge >= 0.3 is 5.97 Å². The van der Waals surface area contributed by atoms with Crippen LogP contribution in [0.25, 0.3) is 0 Å². The molecular weight excluding hydrogens is 430 g/mol. The molecule has 6 atom stereocenters. The van der Waals surface area contributed by atoms with Crippen LogP contribution in [0.3, 0.4) is 0 Å². The van der Waals surface area contributed by atoms with Gasteiger partial charge in [0.15, 0.2) is 12.4 Å². The number of amides is 2. The van der Waals surface area contributed by atoms with Crippen LogP contribution in [0.4, 0.5) is 5.69 Å². The highest BCUT2D eigenvalue weighted by Gasteiger charge is 2.67. The Hall–Kier alpha value is -3.54. The summed E-state index contributed by atoms with van der Waals surface area (Å²) in [5.41, 5.74) is 3.32. The third-order valence-electron chi connectivity index (χ3n) is 8.19. The normalized spacial score (nSPS) is 30.2. The van der Waals surface area contributed by atoms with Gasteiger partial charge in [0.25, 0.3) is 0 Å². The van der Waals surface area contributed by atoms with E-state index in [-0.39, 0.29) is 53.4 Å². The van der Waals surface area contributed by atoms with E-state index in [2.05, 4.69) is 12.2 Å². The van der Waals surface area contributed by atoms with Crippen LogP contribution in [0.5, 0.6) is 0 Å². The molecule has 0 aromatic heterocycles. The molecule has 4 aliphatic carbocycles. The van der Waals surface area contributed by atoms with Crippen molar-refractivity contribution >= 4 is 29.3 Å². The first-order valence-corrected chi connectivity index (χ1v) is 11.8. The molecule has 0 spiro atoms. The van der Waals surface area contributed by atoms with Gasteiger partial charge in [0, 0.05) is 5.56 Å². The number of anilines is 1. The van der Waals surface area contributed by atoms with E-state index in [9.17, 15) is 19.2 Å². The monoisotopic (exact) mass is 455 g/mol. The van der Waals surface area contributed by atoms with Crippen LogP contribution in [0.1, 0.15) is 38.3 Å². The van der Waals surface area contributed by atoms with Crippen LogP contribution in [-0.4, -0.2) is 30.2 Å². The number of rotatable bonds is 5. The zero-order valence-electron chi connectivity index (χ0n) is 19.1. The van der Waals surface area contributed by atoms with Crippen molar-refractivity contribution in [2.75, 3.05) is 11.5 Å². The summed E-state index contributed by atoms with van der Waals surface area (Å²) in [6.45, 7) is 3.54. The number of aryl methyl sites for hydroxylation is 2. The van der Waals surface area contributed by atoms with Crippen LogP contribution in [-0.2, 0) is 14.3 Å². The maximum Gasteiger partial charge on any atom is 0.338 e. The highest BCUT2D eigenvalue weighted by atomic mass is 16.5. The minimum absolute atomic E-state index is 0.131. The number of ketones is 1. The lowest BCUT2D eigenvalue weighted by Gasteiger charge is -2.37. The minimum Gasteiger partial charge on any atom is -0.454 e. The number of Topliss-reactive ketones (excluding diaryl/α,β-unsaturated/α-hetero) is 1. The van der Waals surface area contributed by atoms with Crippen molar-refractivity contribution in [3.05, 3.63) is 76.9 Å². The fourth-order valence-electron chi connectivity index (χ4n) is 6.17. The van der Waals surface area contributed by atoms with Gasteiger partial charge in [-0.2, -0.15) is 0 Å². The highest BCUT2D eigenvalue weighted by Crippen LogP contribution is 2.65. The summed E-state index contributed by atoms with van der Waals surface area (Å²) in [6, 6.07) is 11.6. The van der Waals surface area contributed by atoms with Crippen molar-refractivity contribution in [1.82, 2.24) is 0 Å². The molecule has 172 valence electrons. The average Bonchev–Trinajstić information content (AvgIpc) is 3.62. The standard InChI is InChI=1S/C28H25NO5/c1-14-3-4-17(11-15(14)2)23(30)13-34-28(33)16-5-7-18(8-6-16)29-26(31)24-19-9-10-20(22-12-21(19)22)25(24)27(29)32/h3-11,19-22,24-25H,12-13H2,1-2H3/t19-,20+,21-,22-,24+,25+/m1/s1. The Morgan fingerprint density at radius 2 is 1.44 bits per heavy atom. The predicted molar refractivity (Wildman–Crippen MR) is 124 cm³/mol. The second kappa shape index (κ2) is 7.49. The first-order valence-electron chi connectivity index (χ1n) is 11.8. The first kappa shape index (κ1) is 21.0. The molecule has 1 heterocycles. The number of carbonyl (C=O) groups excluding carboxylic acids is 4. The van der Waals surface area contributed by atoms with E-state index in [1.54, 1.807) is 24.3 Å². The largest absolute Gasteiger partial charge is 0.454 e. The summed E-state index contributed by atoms with van der Waals surface area (Å²) >= 11 is 0. The summed E-state index contributed by atoms with van der Waals surface area (Å²) in [6.07, 6.45) is 5.42. The van der Waals surface area contributed by atoms with Gasteiger partial charge in [-0.3, -0.25) is 19.3 Å². The third-order valence-corrected chi connectivity index (χ3v) is 8.19. The number of hydrogen-bond donors (Lipinski definition) is 0. The van der Waals surface area contributed by atoms with E-state index < -0.39 is 5.97 Å². The van der Waals surface area contributed by atoms with Gasteiger partial charge in [0.1, 0.15) is 0 Å². The maximum absolute atomic E-state index is 13.2. The molecule has 2 saturated carbocycles. The lowest BCUT2D eigenvalue weighted by Crippen LogP contribution is -2.40. The van der Waals surface area contributed by atoms with Crippen LogP contribution in [0.2, 0.25) is 0 Å². The molecule has 1 saturated heterocycles. The quantitative estimate of drug-likeness (QED) is 0.296. The zero-order valence-corrected chi connectivity index (χ0v) is 19.1. The molecule has 3 fully saturated rings. The van der Waals surface area contributed by atoms with Crippen LogP contribution < -0.4 is 4.90 Å². The Balaban J connectivity index is 1.13. The summed E-state index contributed by atoms with van der Waals surface area (Å²) < 4.78 is 5.21. The number of ether oxygens (including phenoxy) is 1. The van der Waals surface area contributed by atoms with Crippen molar-refractivity contribution < 1.29 is 23.9 Å². The Kier molecular flexibility index (Phi) is 4.63. The summed E-state index contributed by atoms with van der Waals surface area (Å²) in [7, 11) is 0. The molecule has 5 aliphatic rings. The molecular formula is C28H25NO5. The van der Waals surface area contributed by atoms with E-state index in [4.69, 9.17) is 4.74 Å². The molecule has 7 rings (SSSR count). The van der Waals surface area contributed by atoms with E-state index in [1.807, 2.05) is 19.9 Å². The zero-order chi connectivity index (χ0) is 23.7. The minimum atomic E-state index is -0.626. The fourth-order valence-corrected chi connectivity index (χ4v) is 6.17. The van der Waals surface area contributed by atoms with Gasteiger partial charge in [-0.15, -0.1) is 0 Å². The van der Waals surface area contributed by atoms with Crippen molar-refractivity contribution in [2.24, 2.45) is 35.5 Å². The Morgan fingerprint density at radius 1 is 0.853 bits per heavy atom. The third kappa shape index (κ3) is 3.08. The fraction of sp³-hybridized carbons (Fsp3) is 0.357. The second-order valence-electron chi connectivity index (χ2n) is 10.0. The number of allylic oxidation sites excluding steroid dienone is 2. The van der Waals surface area contributed by atoms with E-state index >= 15 is 0 Å². The average molecular weight is 456 g/mol. The topological polar surface area (TPSA) is 80.8 Å². The van der Waals surface area contributed by atoms with Crippen molar-refractivity contribution in [3.8, 4) is 0 Å². The van der Waals surface area contributed by atoms with Crippen LogP contribution >= 0.6 is 0 Å². The Bertz CT molecular complexity index is 1240. The van der Waals surface area contributed by atoms with Gasteiger partial charge in [-0.1, -0.05) is 24.3 Å². The molecule has 2 aromatic rings. The van der Waals surface area contributed by atoms with E-state index in [1.165, 1.54) is 17.0 Å². The van der Waals surface area contributed by atoms with Gasteiger partial charge < -0.3 is 4.74 Å². The molecule has 6 heteroatoms. The smallest absolute Gasteiger partial charge is 0.338 e. The molecule has 6 nitrogen and oxygen atoms in total. The summed E-state index contributed by atoms with van der Waals surface area (Å²) in [5.74, 6) is -0.226. The van der Waals surface area contributed by atoms with Crippen LogP contribution in [0.15, 0.2) is 54.6 Å². The molecule has 2 amide bonds. The number of imide groups is 1. The summed E-state index contributed by atoms with van der Waals surface area (Å²) in [5, 5.41) is 0. The number of nitrogens with zero attached hydrogens (tertiary/aromatic N) is 1. The molecule has 0 N–H and O–H groups in total. The lowest BCUT2D eigenvalue weighted by atomic mass is 9.63. The first-order chi connectivity index (χ1) is 16.3. The van der Waals surface area contributed by atoms with E-state index in [0.29, 0.717) is 23.1 Å². The molecule has 2 aromatic carbocycles. The predicted octanol–water partition coefficient (Wildman–Crippen LogP) is 3.90. The molecule has 0 radical (unpaired) electrons. The van der Waals surface area contributed by atoms with Crippen molar-refractivity contribution in [2.45, 2.75) is 20.3 Å². The number of esters is 1. The number of carbonyl (C=O) groups is 4. The van der Waals surface area contributed by atoms with Gasteiger partial charge in [-0.25, -0.2) is 4.79 Å². The Morgan fingerprint density at radius 3 is 2.03 bits per heavy atom.